The summed E-state index contributed by atoms with van der Waals surface area (Å²) in [6.07, 6.45) is 2.57. The average Bonchev–Trinajstić information content (AvgIpc) is 3.57. The monoisotopic (exact) mass is 522 g/mol. The Hall–Kier alpha value is -4.43. The maximum absolute atomic E-state index is 13.7. The Morgan fingerprint density at radius 2 is 1.82 bits per heavy atom. The van der Waals surface area contributed by atoms with E-state index in [1.54, 1.807) is 6.20 Å². The molecule has 39 heavy (non-hydrogen) atoms. The van der Waals surface area contributed by atoms with Crippen molar-refractivity contribution in [2.24, 2.45) is 0 Å². The number of nitrogen functional groups attached to an aromatic ring is 1. The molecule has 5 rings (SSSR count). The standard InChI is InChI=1S/C31H34N6O2/c1-5-15-37(31(38)29(36(3)4)21-9-7-6-8-10-21)19-28-34-25-14-13-22(17-26(25)35-28)27-18-33-30(39-27)23-12-11-20(2)24(32)16-23/h6-14,16-18,29H,5,15,19,32H2,1-4H3,(H,34,35)/t29-/m1/s1. The lowest BCUT2D eigenvalue weighted by atomic mass is 10.0. The van der Waals surface area contributed by atoms with Crippen molar-refractivity contribution >= 4 is 22.6 Å². The Kier molecular flexibility index (Phi) is 7.47. The minimum atomic E-state index is -0.363. The van der Waals surface area contributed by atoms with Crippen LogP contribution in [0.25, 0.3) is 33.8 Å². The highest BCUT2D eigenvalue weighted by atomic mass is 16.4. The molecule has 2 aromatic heterocycles. The van der Waals surface area contributed by atoms with Crippen molar-refractivity contribution in [1.29, 1.82) is 0 Å². The van der Waals surface area contributed by atoms with E-state index in [0.717, 1.165) is 45.5 Å². The Bertz CT molecular complexity index is 1590. The molecule has 0 saturated carbocycles. The molecule has 2 heterocycles. The summed E-state index contributed by atoms with van der Waals surface area (Å²) in [5, 5.41) is 0. The number of nitrogens with two attached hydrogens (primary N) is 1. The van der Waals surface area contributed by atoms with E-state index in [1.165, 1.54) is 0 Å². The van der Waals surface area contributed by atoms with Crippen LogP contribution in [0, 0.1) is 6.92 Å². The second-order valence-corrected chi connectivity index (χ2v) is 10.1. The minimum Gasteiger partial charge on any atom is -0.436 e. The zero-order valence-corrected chi connectivity index (χ0v) is 22.8. The van der Waals surface area contributed by atoms with E-state index in [2.05, 4.69) is 16.9 Å². The molecular formula is C31H34N6O2. The van der Waals surface area contributed by atoms with Crippen LogP contribution < -0.4 is 5.73 Å². The van der Waals surface area contributed by atoms with Gasteiger partial charge in [0.2, 0.25) is 11.8 Å². The molecule has 0 spiro atoms. The van der Waals surface area contributed by atoms with E-state index < -0.39 is 0 Å². The second-order valence-electron chi connectivity index (χ2n) is 10.1. The molecule has 8 heteroatoms. The third-order valence-electron chi connectivity index (χ3n) is 6.86. The van der Waals surface area contributed by atoms with Crippen LogP contribution in [-0.4, -0.2) is 51.3 Å². The van der Waals surface area contributed by atoms with Crippen LogP contribution in [-0.2, 0) is 11.3 Å². The number of carbonyl (C=O) groups excluding carboxylic acids is 1. The minimum absolute atomic E-state index is 0.0557. The average molecular weight is 523 g/mol. The molecule has 8 nitrogen and oxygen atoms in total. The summed E-state index contributed by atoms with van der Waals surface area (Å²) in [5.74, 6) is 1.96. The normalized spacial score (nSPS) is 12.2. The molecule has 1 amide bonds. The molecule has 3 N–H and O–H groups in total. The molecule has 200 valence electrons. The van der Waals surface area contributed by atoms with E-state index in [1.807, 2.05) is 97.5 Å². The largest absolute Gasteiger partial charge is 0.436 e. The van der Waals surface area contributed by atoms with Gasteiger partial charge < -0.3 is 20.0 Å². The van der Waals surface area contributed by atoms with Crippen LogP contribution in [0.5, 0.6) is 0 Å². The zero-order valence-electron chi connectivity index (χ0n) is 22.8. The van der Waals surface area contributed by atoms with Gasteiger partial charge in [0.1, 0.15) is 11.9 Å². The van der Waals surface area contributed by atoms with E-state index in [-0.39, 0.29) is 11.9 Å². The van der Waals surface area contributed by atoms with E-state index in [9.17, 15) is 4.79 Å². The fourth-order valence-electron chi connectivity index (χ4n) is 4.79. The summed E-state index contributed by atoms with van der Waals surface area (Å²) < 4.78 is 6.06. The number of hydrogen-bond acceptors (Lipinski definition) is 6. The van der Waals surface area contributed by atoms with Crippen LogP contribution in [0.4, 0.5) is 5.69 Å². The predicted octanol–water partition coefficient (Wildman–Crippen LogP) is 5.82. The number of imidazole rings is 1. The predicted molar refractivity (Wildman–Crippen MR) is 155 cm³/mol. The van der Waals surface area contributed by atoms with Crippen LogP contribution in [0.15, 0.2) is 77.3 Å². The highest BCUT2D eigenvalue weighted by Gasteiger charge is 2.28. The number of likely N-dealkylation sites (N-methyl/N-ethyl adjacent to an activating group) is 1. The van der Waals surface area contributed by atoms with Crippen molar-refractivity contribution < 1.29 is 9.21 Å². The lowest BCUT2D eigenvalue weighted by molar-refractivity contribution is -0.137. The SMILES string of the molecule is CCCN(Cc1nc2cc(-c3cnc(-c4ccc(C)c(N)c4)o3)ccc2[nH]1)C(=O)[C@@H](c1ccccc1)N(C)C. The van der Waals surface area contributed by atoms with Crippen molar-refractivity contribution in [3.05, 3.63) is 89.9 Å². The lowest BCUT2D eigenvalue weighted by Gasteiger charge is -2.30. The summed E-state index contributed by atoms with van der Waals surface area (Å²) in [6.45, 7) is 5.08. The number of aromatic amines is 1. The van der Waals surface area contributed by atoms with Gasteiger partial charge in [-0.25, -0.2) is 9.97 Å². The molecule has 0 unspecified atom stereocenters. The molecule has 0 bridgehead atoms. The third-order valence-corrected chi connectivity index (χ3v) is 6.86. The fourth-order valence-corrected chi connectivity index (χ4v) is 4.79. The number of oxazole rings is 1. The number of aromatic nitrogens is 3. The Labute approximate surface area is 228 Å². The van der Waals surface area contributed by atoms with Crippen molar-refractivity contribution in [3.63, 3.8) is 0 Å². The quantitative estimate of drug-likeness (QED) is 0.237. The van der Waals surface area contributed by atoms with Crippen LogP contribution in [0.3, 0.4) is 0 Å². The molecule has 0 fully saturated rings. The Morgan fingerprint density at radius 3 is 2.54 bits per heavy atom. The number of aryl methyl sites for hydroxylation is 1. The first-order chi connectivity index (χ1) is 18.8. The van der Waals surface area contributed by atoms with E-state index >= 15 is 0 Å². The van der Waals surface area contributed by atoms with Gasteiger partial charge in [-0.2, -0.15) is 0 Å². The van der Waals surface area contributed by atoms with Gasteiger partial charge in [0, 0.05) is 23.4 Å². The molecule has 0 radical (unpaired) electrons. The van der Waals surface area contributed by atoms with Gasteiger partial charge in [-0.15, -0.1) is 0 Å². The van der Waals surface area contributed by atoms with E-state index in [0.29, 0.717) is 30.4 Å². The number of nitrogens with zero attached hydrogens (tertiary/aromatic N) is 4. The molecule has 3 aromatic carbocycles. The number of nitrogens with one attached hydrogen (secondary N) is 1. The summed E-state index contributed by atoms with van der Waals surface area (Å²) in [4.78, 5) is 30.2. The molecule has 5 aromatic rings. The molecule has 0 aliphatic rings. The number of carbonyl (C=O) groups is 1. The second kappa shape index (κ2) is 11.1. The summed E-state index contributed by atoms with van der Waals surface area (Å²) in [6, 6.07) is 21.2. The van der Waals surface area contributed by atoms with Gasteiger partial charge in [0.05, 0.1) is 23.8 Å². The van der Waals surface area contributed by atoms with Crippen molar-refractivity contribution in [2.45, 2.75) is 32.9 Å². The van der Waals surface area contributed by atoms with Crippen molar-refractivity contribution in [3.8, 4) is 22.8 Å². The molecule has 0 saturated heterocycles. The Morgan fingerprint density at radius 1 is 1.05 bits per heavy atom. The molecule has 0 aliphatic carbocycles. The highest BCUT2D eigenvalue weighted by Crippen LogP contribution is 2.30. The first kappa shape index (κ1) is 26.2. The molecular weight excluding hydrogens is 488 g/mol. The first-order valence-electron chi connectivity index (χ1n) is 13.2. The smallest absolute Gasteiger partial charge is 0.244 e. The number of benzene rings is 3. The maximum Gasteiger partial charge on any atom is 0.244 e. The number of H-pyrrole nitrogens is 1. The first-order valence-corrected chi connectivity index (χ1v) is 13.2. The number of fused-ring (bicyclic) bond motifs is 1. The van der Waals surface area contributed by atoms with Gasteiger partial charge in [0.15, 0.2) is 5.76 Å². The van der Waals surface area contributed by atoms with Gasteiger partial charge in [-0.1, -0.05) is 43.3 Å². The van der Waals surface area contributed by atoms with E-state index in [4.69, 9.17) is 15.1 Å². The lowest BCUT2D eigenvalue weighted by Crippen LogP contribution is -2.40. The number of rotatable bonds is 9. The van der Waals surface area contributed by atoms with Crippen LogP contribution in [0.2, 0.25) is 0 Å². The highest BCUT2D eigenvalue weighted by molar-refractivity contribution is 5.84. The fraction of sp³-hybridized carbons (Fsp3) is 0.258. The summed E-state index contributed by atoms with van der Waals surface area (Å²) in [5.41, 5.74) is 12.2. The van der Waals surface area contributed by atoms with Crippen LogP contribution in [0.1, 0.15) is 36.3 Å². The maximum atomic E-state index is 13.7. The van der Waals surface area contributed by atoms with Crippen molar-refractivity contribution in [1.82, 2.24) is 24.8 Å². The summed E-state index contributed by atoms with van der Waals surface area (Å²) >= 11 is 0. The van der Waals surface area contributed by atoms with Gasteiger partial charge in [0.25, 0.3) is 0 Å². The number of anilines is 1. The van der Waals surface area contributed by atoms with Crippen molar-refractivity contribution in [2.75, 3.05) is 26.4 Å². The van der Waals surface area contributed by atoms with Gasteiger partial charge >= 0.3 is 0 Å². The zero-order chi connectivity index (χ0) is 27.5. The molecule has 0 aliphatic heterocycles. The molecule has 1 atom stereocenters. The van der Waals surface area contributed by atoms with Gasteiger partial charge in [-0.05, 0) is 68.9 Å². The summed E-state index contributed by atoms with van der Waals surface area (Å²) in [7, 11) is 3.87. The van der Waals surface area contributed by atoms with Gasteiger partial charge in [-0.3, -0.25) is 9.69 Å². The Balaban J connectivity index is 1.38. The topological polar surface area (TPSA) is 104 Å². The number of hydrogen-bond donors (Lipinski definition) is 2. The number of amides is 1. The third kappa shape index (κ3) is 5.56. The van der Waals surface area contributed by atoms with Crippen LogP contribution >= 0.6 is 0 Å².